The Morgan fingerprint density at radius 1 is 0.667 bits per heavy atom. The zero-order valence-electron chi connectivity index (χ0n) is 19.0. The Labute approximate surface area is 211 Å². The van der Waals surface area contributed by atoms with Crippen LogP contribution in [0, 0.1) is 0 Å². The molecule has 5 aromatic rings. The number of nitrogens with zero attached hydrogens (tertiary/aromatic N) is 2. The summed E-state index contributed by atoms with van der Waals surface area (Å²) in [5.41, 5.74) is 3.97. The Balaban J connectivity index is 1.26. The molecule has 0 spiro atoms. The predicted molar refractivity (Wildman–Crippen MR) is 144 cm³/mol. The van der Waals surface area contributed by atoms with Gasteiger partial charge in [0.05, 0.1) is 16.9 Å². The third-order valence-electron chi connectivity index (χ3n) is 6.61. The molecule has 0 saturated heterocycles. The number of hydrogen-bond acceptors (Lipinski definition) is 5. The number of carbonyl (C=O) groups is 2. The van der Waals surface area contributed by atoms with Crippen LogP contribution in [0.5, 0.6) is 0 Å². The van der Waals surface area contributed by atoms with Crippen molar-refractivity contribution < 1.29 is 9.59 Å². The van der Waals surface area contributed by atoms with E-state index in [0.29, 0.717) is 16.7 Å². The third kappa shape index (κ3) is 3.21. The number of aromatic nitrogens is 1. The first kappa shape index (κ1) is 20.9. The monoisotopic (exact) mass is 482 g/mol. The van der Waals surface area contributed by atoms with Gasteiger partial charge in [-0.2, -0.15) is 0 Å². The number of para-hydroxylation sites is 2. The van der Waals surface area contributed by atoms with Crippen molar-refractivity contribution in [3.8, 4) is 0 Å². The summed E-state index contributed by atoms with van der Waals surface area (Å²) < 4.78 is 0. The average molecular weight is 483 g/mol. The van der Waals surface area contributed by atoms with Gasteiger partial charge in [0, 0.05) is 27.1 Å². The van der Waals surface area contributed by atoms with E-state index in [1.54, 1.807) is 24.0 Å². The lowest BCUT2D eigenvalue weighted by atomic mass is 10.0. The number of pyridine rings is 1. The number of benzene rings is 4. The van der Waals surface area contributed by atoms with Crippen LogP contribution in [0.15, 0.2) is 119 Å². The maximum Gasteiger partial charge on any atom is 0.197 e. The van der Waals surface area contributed by atoms with E-state index in [4.69, 9.17) is 4.98 Å². The molecule has 7 rings (SSSR count). The lowest BCUT2D eigenvalue weighted by molar-refractivity contribution is 0.0990. The highest BCUT2D eigenvalue weighted by atomic mass is 32.2. The van der Waals surface area contributed by atoms with E-state index in [1.165, 1.54) is 0 Å². The molecule has 0 N–H and O–H groups in total. The molecular weight excluding hydrogens is 464 g/mol. The van der Waals surface area contributed by atoms with Gasteiger partial charge in [0.1, 0.15) is 5.82 Å². The molecule has 0 unspecified atom stereocenters. The van der Waals surface area contributed by atoms with Crippen molar-refractivity contribution in [1.29, 1.82) is 0 Å². The molecule has 0 bridgehead atoms. The van der Waals surface area contributed by atoms with Crippen LogP contribution in [0.3, 0.4) is 0 Å². The van der Waals surface area contributed by atoms with Gasteiger partial charge in [-0.15, -0.1) is 0 Å². The van der Waals surface area contributed by atoms with Gasteiger partial charge in [-0.05, 0) is 70.9 Å². The van der Waals surface area contributed by atoms with Gasteiger partial charge in [0.15, 0.2) is 11.6 Å². The maximum atomic E-state index is 13.1. The third-order valence-corrected chi connectivity index (χ3v) is 7.74. The highest BCUT2D eigenvalue weighted by Crippen LogP contribution is 2.50. The normalized spacial score (nSPS) is 14.0. The minimum atomic E-state index is -0.235. The van der Waals surface area contributed by atoms with Crippen molar-refractivity contribution in [2.24, 2.45) is 0 Å². The molecular formula is C31H18N2O2S. The van der Waals surface area contributed by atoms with Crippen molar-refractivity contribution >= 4 is 57.4 Å². The Bertz CT molecular complexity index is 1650. The number of anilines is 3. The molecule has 36 heavy (non-hydrogen) atoms. The highest BCUT2D eigenvalue weighted by molar-refractivity contribution is 7.99. The van der Waals surface area contributed by atoms with Gasteiger partial charge >= 0.3 is 0 Å². The summed E-state index contributed by atoms with van der Waals surface area (Å²) >= 11 is 1.75. The fourth-order valence-corrected chi connectivity index (χ4v) is 5.93. The first-order valence-electron chi connectivity index (χ1n) is 11.6. The smallest absolute Gasteiger partial charge is 0.197 e. The van der Waals surface area contributed by atoms with Crippen molar-refractivity contribution in [3.05, 3.63) is 126 Å². The number of rotatable bonds is 2. The van der Waals surface area contributed by atoms with Crippen molar-refractivity contribution in [2.75, 3.05) is 4.90 Å². The van der Waals surface area contributed by atoms with E-state index in [1.807, 2.05) is 72.8 Å². The van der Waals surface area contributed by atoms with Gasteiger partial charge in [0.25, 0.3) is 0 Å². The zero-order valence-corrected chi connectivity index (χ0v) is 19.8. The fourth-order valence-electron chi connectivity index (χ4n) is 4.87. The number of hydrogen-bond donors (Lipinski definition) is 0. The lowest BCUT2D eigenvalue weighted by Crippen LogP contribution is -2.15. The molecule has 0 fully saturated rings. The summed E-state index contributed by atoms with van der Waals surface area (Å²) in [7, 11) is 0. The Kier molecular flexibility index (Phi) is 4.66. The van der Waals surface area contributed by atoms with E-state index in [-0.39, 0.29) is 17.1 Å². The van der Waals surface area contributed by atoms with E-state index in [9.17, 15) is 9.59 Å². The SMILES string of the molecule is O=C1C(=Cc2ccc(N3c4ccccc4Sc4ccccc43)nc2)C(=O)c2cc3ccccc3cc21. The van der Waals surface area contributed by atoms with Crippen LogP contribution in [0.1, 0.15) is 26.3 Å². The number of carbonyl (C=O) groups excluding carboxylic acids is 2. The molecule has 4 nitrogen and oxygen atoms in total. The topological polar surface area (TPSA) is 50.3 Å². The van der Waals surface area contributed by atoms with Crippen LogP contribution in [-0.4, -0.2) is 16.6 Å². The van der Waals surface area contributed by atoms with Crippen LogP contribution in [-0.2, 0) is 0 Å². The molecule has 0 radical (unpaired) electrons. The molecule has 0 atom stereocenters. The summed E-state index contributed by atoms with van der Waals surface area (Å²) in [6, 6.07) is 31.8. The van der Waals surface area contributed by atoms with Gasteiger partial charge in [-0.1, -0.05) is 60.3 Å². The van der Waals surface area contributed by atoms with Gasteiger partial charge in [0.2, 0.25) is 0 Å². The molecule has 4 aromatic carbocycles. The molecule has 0 saturated carbocycles. The first-order valence-corrected chi connectivity index (χ1v) is 12.4. The number of ketones is 2. The molecule has 170 valence electrons. The second-order valence-corrected chi connectivity index (χ2v) is 9.87. The minimum Gasteiger partial charge on any atom is -0.293 e. The number of fused-ring (bicyclic) bond motifs is 4. The summed E-state index contributed by atoms with van der Waals surface area (Å²) in [4.78, 5) is 35.5. The standard InChI is InChI=1S/C31H18N2O2S/c34-30-22-16-20-7-1-2-8-21(20)17-23(22)31(35)24(30)15-19-13-14-29(32-18-19)33-25-9-3-5-11-27(25)36-28-12-6-4-10-26(28)33/h1-18H. The molecule has 1 aromatic heterocycles. The van der Waals surface area contributed by atoms with Crippen molar-refractivity contribution in [2.45, 2.75) is 9.79 Å². The minimum absolute atomic E-state index is 0.180. The van der Waals surface area contributed by atoms with E-state index < -0.39 is 0 Å². The highest BCUT2D eigenvalue weighted by Gasteiger charge is 2.33. The summed E-state index contributed by atoms with van der Waals surface area (Å²) in [5, 5.41) is 1.90. The second kappa shape index (κ2) is 8.04. The Morgan fingerprint density at radius 3 is 1.78 bits per heavy atom. The van der Waals surface area contributed by atoms with Crippen LogP contribution >= 0.6 is 11.8 Å². The van der Waals surface area contributed by atoms with Gasteiger partial charge in [-0.25, -0.2) is 4.98 Å². The Morgan fingerprint density at radius 2 is 1.22 bits per heavy atom. The van der Waals surface area contributed by atoms with E-state index in [0.717, 1.165) is 37.8 Å². The molecule has 2 heterocycles. The average Bonchev–Trinajstić information content (AvgIpc) is 3.15. The van der Waals surface area contributed by atoms with Crippen LogP contribution in [0.25, 0.3) is 16.8 Å². The van der Waals surface area contributed by atoms with E-state index >= 15 is 0 Å². The second-order valence-electron chi connectivity index (χ2n) is 8.78. The summed E-state index contributed by atoms with van der Waals surface area (Å²) in [6.45, 7) is 0. The summed E-state index contributed by atoms with van der Waals surface area (Å²) in [6.07, 6.45) is 3.37. The van der Waals surface area contributed by atoms with Crippen LogP contribution in [0.4, 0.5) is 17.2 Å². The molecule has 1 aliphatic carbocycles. The summed E-state index contributed by atoms with van der Waals surface area (Å²) in [5.74, 6) is 0.303. The Hall–Kier alpha value is -4.48. The molecule has 1 aliphatic heterocycles. The first-order chi connectivity index (χ1) is 17.7. The van der Waals surface area contributed by atoms with Gasteiger partial charge < -0.3 is 0 Å². The molecule has 2 aliphatic rings. The number of allylic oxidation sites excluding steroid dienone is 1. The van der Waals surface area contributed by atoms with Crippen molar-refractivity contribution in [1.82, 2.24) is 4.98 Å². The largest absolute Gasteiger partial charge is 0.293 e. The van der Waals surface area contributed by atoms with Crippen LogP contribution in [0.2, 0.25) is 0 Å². The van der Waals surface area contributed by atoms with Gasteiger partial charge in [-0.3, -0.25) is 14.5 Å². The molecule has 0 amide bonds. The predicted octanol–water partition coefficient (Wildman–Crippen LogP) is 7.63. The quantitative estimate of drug-likeness (QED) is 0.188. The molecule has 5 heteroatoms. The fraction of sp³-hybridized carbons (Fsp3) is 0. The van der Waals surface area contributed by atoms with Crippen molar-refractivity contribution in [3.63, 3.8) is 0 Å². The maximum absolute atomic E-state index is 13.1. The number of Topliss-reactive ketones (excluding diaryl/α,β-unsaturated/α-hetero) is 2. The lowest BCUT2D eigenvalue weighted by Gasteiger charge is -2.31. The van der Waals surface area contributed by atoms with E-state index in [2.05, 4.69) is 29.2 Å². The van der Waals surface area contributed by atoms with Crippen LogP contribution < -0.4 is 4.90 Å². The zero-order chi connectivity index (χ0) is 24.2.